The van der Waals surface area contributed by atoms with E-state index in [-0.39, 0.29) is 5.54 Å². The summed E-state index contributed by atoms with van der Waals surface area (Å²) in [5.74, 6) is 1.21. The molecule has 1 aromatic carbocycles. The fourth-order valence-electron chi connectivity index (χ4n) is 3.23. The fraction of sp³-hybridized carbons (Fsp3) is 0.500. The van der Waals surface area contributed by atoms with Crippen LogP contribution in [0.2, 0.25) is 0 Å². The molecule has 1 fully saturated rings. The van der Waals surface area contributed by atoms with Gasteiger partial charge in [0.1, 0.15) is 11.3 Å². The molecule has 3 heteroatoms. The van der Waals surface area contributed by atoms with Crippen LogP contribution in [0.3, 0.4) is 0 Å². The van der Waals surface area contributed by atoms with Gasteiger partial charge in [0.05, 0.1) is 6.61 Å². The van der Waals surface area contributed by atoms with E-state index in [1.54, 1.807) is 6.08 Å². The molecular weight excluding hydrogens is 214 g/mol. The summed E-state index contributed by atoms with van der Waals surface area (Å²) in [6, 6.07) is 7.94. The van der Waals surface area contributed by atoms with Crippen molar-refractivity contribution in [3.05, 3.63) is 29.8 Å². The summed E-state index contributed by atoms with van der Waals surface area (Å²) in [6.07, 6.45) is 6.13. The molecule has 3 rings (SSSR count). The highest BCUT2D eigenvalue weighted by Gasteiger charge is 2.47. The van der Waals surface area contributed by atoms with Gasteiger partial charge in [0, 0.05) is 11.5 Å². The highest BCUT2D eigenvalue weighted by molar-refractivity contribution is 5.46. The van der Waals surface area contributed by atoms with Crippen molar-refractivity contribution in [1.82, 2.24) is 0 Å². The number of para-hydroxylation sites is 1. The predicted molar refractivity (Wildman–Crippen MR) is 63.7 cm³/mol. The zero-order valence-electron chi connectivity index (χ0n) is 9.69. The van der Waals surface area contributed by atoms with Crippen LogP contribution in [0.4, 0.5) is 0 Å². The van der Waals surface area contributed by atoms with E-state index in [1.807, 2.05) is 24.3 Å². The number of benzene rings is 1. The molecule has 2 atom stereocenters. The maximum atomic E-state index is 10.8. The Labute approximate surface area is 101 Å². The van der Waals surface area contributed by atoms with E-state index in [2.05, 4.69) is 4.99 Å². The highest BCUT2D eigenvalue weighted by atomic mass is 16.5. The average molecular weight is 229 g/mol. The van der Waals surface area contributed by atoms with Crippen LogP contribution in [0.25, 0.3) is 0 Å². The maximum Gasteiger partial charge on any atom is 0.235 e. The summed E-state index contributed by atoms with van der Waals surface area (Å²) in [4.78, 5) is 15.0. The minimum atomic E-state index is -0.366. The second-order valence-electron chi connectivity index (χ2n) is 4.88. The molecule has 0 saturated heterocycles. The number of ether oxygens (including phenoxy) is 1. The third kappa shape index (κ3) is 1.50. The normalized spacial score (nSPS) is 30.5. The quantitative estimate of drug-likeness (QED) is 0.548. The first kappa shape index (κ1) is 10.5. The summed E-state index contributed by atoms with van der Waals surface area (Å²) >= 11 is 0. The molecule has 1 aliphatic heterocycles. The largest absolute Gasteiger partial charge is 0.493 e. The number of hydrogen-bond acceptors (Lipinski definition) is 3. The van der Waals surface area contributed by atoms with E-state index in [9.17, 15) is 4.79 Å². The van der Waals surface area contributed by atoms with Crippen molar-refractivity contribution < 1.29 is 9.53 Å². The van der Waals surface area contributed by atoms with Crippen LogP contribution in [-0.2, 0) is 10.3 Å². The minimum Gasteiger partial charge on any atom is -0.493 e. The Morgan fingerprint density at radius 3 is 3.12 bits per heavy atom. The van der Waals surface area contributed by atoms with Crippen LogP contribution in [0.5, 0.6) is 5.75 Å². The van der Waals surface area contributed by atoms with Gasteiger partial charge in [-0.15, -0.1) is 0 Å². The molecule has 0 bridgehead atoms. The Morgan fingerprint density at radius 2 is 2.24 bits per heavy atom. The lowest BCUT2D eigenvalue weighted by Gasteiger charge is -2.44. The predicted octanol–water partition coefficient (Wildman–Crippen LogP) is 2.80. The summed E-state index contributed by atoms with van der Waals surface area (Å²) in [5, 5.41) is 0. The molecule has 17 heavy (non-hydrogen) atoms. The molecule has 0 spiro atoms. The molecular formula is C14H15NO2. The SMILES string of the molecule is O=C=NC12CCCCC1COc1ccccc12. The molecule has 2 unspecified atom stereocenters. The van der Waals surface area contributed by atoms with Crippen molar-refractivity contribution in [2.45, 2.75) is 31.2 Å². The third-order valence-electron chi connectivity index (χ3n) is 4.07. The van der Waals surface area contributed by atoms with Crippen LogP contribution >= 0.6 is 0 Å². The molecule has 2 aliphatic rings. The Bertz CT molecular complexity index is 479. The Balaban J connectivity index is 2.17. The molecule has 3 nitrogen and oxygen atoms in total. The second kappa shape index (κ2) is 4.01. The number of rotatable bonds is 1. The topological polar surface area (TPSA) is 38.7 Å². The molecule has 1 heterocycles. The molecule has 0 N–H and O–H groups in total. The van der Waals surface area contributed by atoms with E-state index in [1.165, 1.54) is 6.42 Å². The highest BCUT2D eigenvalue weighted by Crippen LogP contribution is 2.50. The van der Waals surface area contributed by atoms with Gasteiger partial charge in [0.25, 0.3) is 0 Å². The van der Waals surface area contributed by atoms with Crippen molar-refractivity contribution in [3.63, 3.8) is 0 Å². The summed E-state index contributed by atoms with van der Waals surface area (Å²) in [5.41, 5.74) is 0.703. The minimum absolute atomic E-state index is 0.326. The van der Waals surface area contributed by atoms with Gasteiger partial charge in [0.2, 0.25) is 6.08 Å². The molecule has 1 aliphatic carbocycles. The number of fused-ring (bicyclic) bond motifs is 3. The van der Waals surface area contributed by atoms with Crippen molar-refractivity contribution in [1.29, 1.82) is 0 Å². The van der Waals surface area contributed by atoms with E-state index in [0.717, 1.165) is 30.6 Å². The summed E-state index contributed by atoms with van der Waals surface area (Å²) < 4.78 is 5.77. The maximum absolute atomic E-state index is 10.8. The standard InChI is InChI=1S/C14H15NO2/c16-10-15-14-8-4-3-5-11(14)9-17-13-7-2-1-6-12(13)14/h1-2,6-7,11H,3-5,8-9H2. The van der Waals surface area contributed by atoms with Crippen LogP contribution < -0.4 is 4.74 Å². The van der Waals surface area contributed by atoms with E-state index < -0.39 is 0 Å². The average Bonchev–Trinajstić information content (AvgIpc) is 2.39. The lowest BCUT2D eigenvalue weighted by atomic mass is 9.68. The van der Waals surface area contributed by atoms with E-state index in [4.69, 9.17) is 4.74 Å². The Kier molecular flexibility index (Phi) is 2.49. The fourth-order valence-corrected chi connectivity index (χ4v) is 3.23. The Hall–Kier alpha value is -1.60. The molecule has 0 radical (unpaired) electrons. The van der Waals surface area contributed by atoms with Crippen molar-refractivity contribution in [2.75, 3.05) is 6.61 Å². The molecule has 1 saturated carbocycles. The molecule has 1 aromatic rings. The Morgan fingerprint density at radius 1 is 1.35 bits per heavy atom. The monoisotopic (exact) mass is 229 g/mol. The zero-order chi connectivity index (χ0) is 11.7. The van der Waals surface area contributed by atoms with Gasteiger partial charge in [0.15, 0.2) is 0 Å². The van der Waals surface area contributed by atoms with Gasteiger partial charge in [-0.3, -0.25) is 0 Å². The first-order chi connectivity index (χ1) is 8.37. The summed E-state index contributed by atoms with van der Waals surface area (Å²) in [6.45, 7) is 0.669. The number of carbonyl (C=O) groups excluding carboxylic acids is 1. The summed E-state index contributed by atoms with van der Waals surface area (Å²) in [7, 11) is 0. The van der Waals surface area contributed by atoms with Gasteiger partial charge in [-0.1, -0.05) is 31.0 Å². The van der Waals surface area contributed by atoms with Gasteiger partial charge in [-0.25, -0.2) is 4.79 Å². The van der Waals surface area contributed by atoms with Gasteiger partial charge in [-0.2, -0.15) is 4.99 Å². The van der Waals surface area contributed by atoms with E-state index in [0.29, 0.717) is 12.5 Å². The third-order valence-corrected chi connectivity index (χ3v) is 4.07. The number of hydrogen-bond donors (Lipinski definition) is 0. The lowest BCUT2D eigenvalue weighted by Crippen LogP contribution is -2.43. The number of isocyanates is 1. The molecule has 0 aromatic heterocycles. The van der Waals surface area contributed by atoms with Crippen molar-refractivity contribution >= 4 is 6.08 Å². The van der Waals surface area contributed by atoms with E-state index >= 15 is 0 Å². The lowest BCUT2D eigenvalue weighted by molar-refractivity contribution is 0.0922. The first-order valence-electron chi connectivity index (χ1n) is 6.18. The van der Waals surface area contributed by atoms with Crippen LogP contribution in [-0.4, -0.2) is 12.7 Å². The smallest absolute Gasteiger partial charge is 0.235 e. The second-order valence-corrected chi connectivity index (χ2v) is 4.88. The van der Waals surface area contributed by atoms with Crippen LogP contribution in [0, 0.1) is 5.92 Å². The van der Waals surface area contributed by atoms with Crippen LogP contribution in [0.1, 0.15) is 31.2 Å². The number of nitrogens with zero attached hydrogens (tertiary/aromatic N) is 1. The van der Waals surface area contributed by atoms with Crippen LogP contribution in [0.15, 0.2) is 29.3 Å². The molecule has 88 valence electrons. The first-order valence-corrected chi connectivity index (χ1v) is 6.18. The van der Waals surface area contributed by atoms with Crippen molar-refractivity contribution in [3.8, 4) is 5.75 Å². The number of aliphatic imine (C=N–C) groups is 1. The molecule has 0 amide bonds. The van der Waals surface area contributed by atoms with Gasteiger partial charge in [-0.05, 0) is 18.9 Å². The van der Waals surface area contributed by atoms with Gasteiger partial charge >= 0.3 is 0 Å². The zero-order valence-corrected chi connectivity index (χ0v) is 9.69. The van der Waals surface area contributed by atoms with Gasteiger partial charge < -0.3 is 4.74 Å². The van der Waals surface area contributed by atoms with Crippen molar-refractivity contribution in [2.24, 2.45) is 10.9 Å².